The van der Waals surface area contributed by atoms with E-state index in [0.717, 1.165) is 13.0 Å². The van der Waals surface area contributed by atoms with Crippen molar-refractivity contribution in [3.63, 3.8) is 0 Å². The lowest BCUT2D eigenvalue weighted by Crippen LogP contribution is -2.42. The smallest absolute Gasteiger partial charge is 0.223 e. The average molecular weight is 237 g/mol. The summed E-state index contributed by atoms with van der Waals surface area (Å²) in [4.78, 5) is 15.4. The molecule has 1 aromatic rings. The third-order valence-corrected chi connectivity index (χ3v) is 4.22. The van der Waals surface area contributed by atoms with E-state index in [9.17, 15) is 4.79 Å². The van der Waals surface area contributed by atoms with Crippen molar-refractivity contribution >= 4 is 17.2 Å². The summed E-state index contributed by atoms with van der Waals surface area (Å²) in [5, 5.41) is 2.07. The Bertz CT molecular complexity index is 334. The van der Waals surface area contributed by atoms with E-state index < -0.39 is 0 Å². The number of amides is 1. The van der Waals surface area contributed by atoms with Gasteiger partial charge in [-0.2, -0.15) is 0 Å². The molecule has 2 rings (SSSR count). The third kappa shape index (κ3) is 2.85. The van der Waals surface area contributed by atoms with Gasteiger partial charge in [0.1, 0.15) is 0 Å². The van der Waals surface area contributed by atoms with Crippen molar-refractivity contribution in [3.05, 3.63) is 22.4 Å². The molecular formula is C13H19NOS. The molecule has 1 unspecified atom stereocenters. The fourth-order valence-electron chi connectivity index (χ4n) is 2.30. The number of aryl methyl sites for hydroxylation is 1. The van der Waals surface area contributed by atoms with E-state index >= 15 is 0 Å². The second-order valence-corrected chi connectivity index (χ2v) is 5.54. The van der Waals surface area contributed by atoms with Gasteiger partial charge in [-0.25, -0.2) is 0 Å². The van der Waals surface area contributed by atoms with Crippen LogP contribution in [0.3, 0.4) is 0 Å². The first-order valence-corrected chi connectivity index (χ1v) is 6.97. The molecule has 16 heavy (non-hydrogen) atoms. The van der Waals surface area contributed by atoms with Gasteiger partial charge >= 0.3 is 0 Å². The van der Waals surface area contributed by atoms with Crippen LogP contribution < -0.4 is 0 Å². The van der Waals surface area contributed by atoms with Gasteiger partial charge in [-0.3, -0.25) is 4.79 Å². The minimum atomic E-state index is 0.334. The Morgan fingerprint density at radius 3 is 3.12 bits per heavy atom. The Morgan fingerprint density at radius 2 is 2.44 bits per heavy atom. The van der Waals surface area contributed by atoms with E-state index in [1.165, 1.54) is 24.1 Å². The van der Waals surface area contributed by atoms with Crippen LogP contribution in [0.4, 0.5) is 0 Å². The molecule has 0 bridgehead atoms. The van der Waals surface area contributed by atoms with E-state index in [1.54, 1.807) is 11.3 Å². The van der Waals surface area contributed by atoms with Crippen LogP contribution in [0.15, 0.2) is 17.5 Å². The second-order valence-electron chi connectivity index (χ2n) is 4.51. The first-order valence-electron chi connectivity index (χ1n) is 6.09. The lowest BCUT2D eigenvalue weighted by atomic mass is 10.0. The summed E-state index contributed by atoms with van der Waals surface area (Å²) < 4.78 is 0. The maximum atomic E-state index is 12.0. The number of hydrogen-bond acceptors (Lipinski definition) is 2. The summed E-state index contributed by atoms with van der Waals surface area (Å²) >= 11 is 1.74. The van der Waals surface area contributed by atoms with Crippen molar-refractivity contribution in [1.82, 2.24) is 4.90 Å². The highest BCUT2D eigenvalue weighted by Crippen LogP contribution is 2.18. The molecule has 1 aliphatic rings. The maximum absolute atomic E-state index is 12.0. The Morgan fingerprint density at radius 1 is 1.56 bits per heavy atom. The van der Waals surface area contributed by atoms with Gasteiger partial charge in [0.25, 0.3) is 0 Å². The summed E-state index contributed by atoms with van der Waals surface area (Å²) in [5.41, 5.74) is 0. The summed E-state index contributed by atoms with van der Waals surface area (Å²) in [6.07, 6.45) is 5.19. The third-order valence-electron chi connectivity index (χ3n) is 3.29. The summed E-state index contributed by atoms with van der Waals surface area (Å²) in [7, 11) is 0. The Kier molecular flexibility index (Phi) is 3.99. The van der Waals surface area contributed by atoms with Crippen LogP contribution in [0.25, 0.3) is 0 Å². The molecule has 3 heteroatoms. The van der Waals surface area contributed by atoms with Crippen LogP contribution >= 0.6 is 11.3 Å². The zero-order chi connectivity index (χ0) is 11.4. The van der Waals surface area contributed by atoms with Crippen LogP contribution in [0.2, 0.25) is 0 Å². The number of hydrogen-bond donors (Lipinski definition) is 0. The summed E-state index contributed by atoms with van der Waals surface area (Å²) in [6.45, 7) is 3.13. The molecule has 1 aliphatic heterocycles. The fourth-order valence-corrected chi connectivity index (χ4v) is 3.01. The SMILES string of the molecule is CC1CCCCN1C(=O)CCc1cccs1. The second kappa shape index (κ2) is 5.48. The van der Waals surface area contributed by atoms with Crippen LogP contribution in [0.5, 0.6) is 0 Å². The first kappa shape index (κ1) is 11.6. The molecule has 2 nitrogen and oxygen atoms in total. The monoisotopic (exact) mass is 237 g/mol. The van der Waals surface area contributed by atoms with Crippen molar-refractivity contribution in [1.29, 1.82) is 0 Å². The molecule has 1 atom stereocenters. The number of nitrogens with zero attached hydrogens (tertiary/aromatic N) is 1. The average Bonchev–Trinajstić information content (AvgIpc) is 2.79. The molecule has 1 amide bonds. The van der Waals surface area contributed by atoms with Crippen LogP contribution in [0, 0.1) is 0 Å². The van der Waals surface area contributed by atoms with Gasteiger partial charge in [-0.05, 0) is 44.1 Å². The molecule has 0 spiro atoms. The van der Waals surface area contributed by atoms with Gasteiger partial charge in [-0.15, -0.1) is 11.3 Å². The van der Waals surface area contributed by atoms with Crippen molar-refractivity contribution in [2.24, 2.45) is 0 Å². The number of thiophene rings is 1. The van der Waals surface area contributed by atoms with E-state index in [-0.39, 0.29) is 0 Å². The number of rotatable bonds is 3. The lowest BCUT2D eigenvalue weighted by molar-refractivity contribution is -0.134. The molecule has 1 aromatic heterocycles. The minimum Gasteiger partial charge on any atom is -0.340 e. The highest BCUT2D eigenvalue weighted by atomic mass is 32.1. The maximum Gasteiger partial charge on any atom is 0.223 e. The highest BCUT2D eigenvalue weighted by molar-refractivity contribution is 7.09. The molecule has 0 aromatic carbocycles. The number of likely N-dealkylation sites (tertiary alicyclic amines) is 1. The molecule has 1 fully saturated rings. The quantitative estimate of drug-likeness (QED) is 0.791. The molecular weight excluding hydrogens is 218 g/mol. The summed E-state index contributed by atoms with van der Waals surface area (Å²) in [6, 6.07) is 4.61. The molecule has 1 saturated heterocycles. The topological polar surface area (TPSA) is 20.3 Å². The Labute approximate surface area is 101 Å². The summed E-state index contributed by atoms with van der Waals surface area (Å²) in [5.74, 6) is 0.334. The van der Waals surface area contributed by atoms with Gasteiger partial charge in [-0.1, -0.05) is 6.07 Å². The fraction of sp³-hybridized carbons (Fsp3) is 0.615. The minimum absolute atomic E-state index is 0.334. The molecule has 0 radical (unpaired) electrons. The number of carbonyl (C=O) groups is 1. The lowest BCUT2D eigenvalue weighted by Gasteiger charge is -2.33. The molecule has 0 N–H and O–H groups in total. The van der Waals surface area contributed by atoms with Crippen molar-refractivity contribution in [2.45, 2.75) is 45.1 Å². The van der Waals surface area contributed by atoms with Crippen molar-refractivity contribution in [3.8, 4) is 0 Å². The van der Waals surface area contributed by atoms with E-state index in [1.807, 2.05) is 6.07 Å². The van der Waals surface area contributed by atoms with Gasteiger partial charge in [0.05, 0.1) is 0 Å². The number of carbonyl (C=O) groups excluding carboxylic acids is 1. The molecule has 2 heterocycles. The Balaban J connectivity index is 1.83. The van der Waals surface area contributed by atoms with E-state index in [2.05, 4.69) is 23.3 Å². The number of piperidine rings is 1. The van der Waals surface area contributed by atoms with E-state index in [0.29, 0.717) is 18.4 Å². The van der Waals surface area contributed by atoms with Crippen molar-refractivity contribution in [2.75, 3.05) is 6.54 Å². The highest BCUT2D eigenvalue weighted by Gasteiger charge is 2.22. The van der Waals surface area contributed by atoms with Gasteiger partial charge in [0.2, 0.25) is 5.91 Å². The van der Waals surface area contributed by atoms with Crippen LogP contribution in [-0.2, 0) is 11.2 Å². The van der Waals surface area contributed by atoms with E-state index in [4.69, 9.17) is 0 Å². The standard InChI is InChI=1S/C13H19NOS/c1-11-5-2-3-9-14(11)13(15)8-7-12-6-4-10-16-12/h4,6,10-11H,2-3,5,7-9H2,1H3. The zero-order valence-electron chi connectivity index (χ0n) is 9.82. The van der Waals surface area contributed by atoms with Gasteiger partial charge in [0, 0.05) is 23.9 Å². The molecule has 0 aliphatic carbocycles. The first-order chi connectivity index (χ1) is 7.77. The predicted molar refractivity (Wildman–Crippen MR) is 67.7 cm³/mol. The molecule has 88 valence electrons. The predicted octanol–water partition coefficient (Wildman–Crippen LogP) is 3.08. The normalized spacial score (nSPS) is 21.1. The zero-order valence-corrected chi connectivity index (χ0v) is 10.6. The van der Waals surface area contributed by atoms with Gasteiger partial charge < -0.3 is 4.90 Å². The van der Waals surface area contributed by atoms with Crippen LogP contribution in [0.1, 0.15) is 37.5 Å². The molecule has 0 saturated carbocycles. The van der Waals surface area contributed by atoms with Crippen LogP contribution in [-0.4, -0.2) is 23.4 Å². The Hall–Kier alpha value is -0.830. The largest absolute Gasteiger partial charge is 0.340 e. The van der Waals surface area contributed by atoms with Gasteiger partial charge in [0.15, 0.2) is 0 Å². The van der Waals surface area contributed by atoms with Crippen molar-refractivity contribution < 1.29 is 4.79 Å².